The highest BCUT2D eigenvalue weighted by Crippen LogP contribution is 2.31. The van der Waals surface area contributed by atoms with E-state index in [1.54, 1.807) is 0 Å². The van der Waals surface area contributed by atoms with Gasteiger partial charge in [-0.1, -0.05) is 13.3 Å². The molecule has 1 aromatic rings. The summed E-state index contributed by atoms with van der Waals surface area (Å²) in [6.45, 7) is 9.20. The number of nitrogens with zero attached hydrogens (tertiary/aromatic N) is 4. The summed E-state index contributed by atoms with van der Waals surface area (Å²) >= 11 is 0. The van der Waals surface area contributed by atoms with Crippen molar-refractivity contribution in [2.24, 2.45) is 0 Å². The van der Waals surface area contributed by atoms with Gasteiger partial charge in [-0.2, -0.15) is 5.10 Å². The third kappa shape index (κ3) is 3.89. The Morgan fingerprint density at radius 2 is 1.88 bits per heavy atom. The van der Waals surface area contributed by atoms with E-state index in [4.69, 9.17) is 0 Å². The lowest BCUT2D eigenvalue weighted by atomic mass is 10.2. The van der Waals surface area contributed by atoms with Gasteiger partial charge in [0.2, 0.25) is 5.91 Å². The van der Waals surface area contributed by atoms with Gasteiger partial charge < -0.3 is 9.80 Å². The minimum atomic E-state index is -2.93. The van der Waals surface area contributed by atoms with Crippen molar-refractivity contribution in [1.29, 1.82) is 0 Å². The molecule has 1 aromatic heterocycles. The number of carbonyl (C=O) groups excluding carboxylic acids is 1. The Labute approximate surface area is 156 Å². The Morgan fingerprint density at radius 3 is 2.46 bits per heavy atom. The fourth-order valence-corrected chi connectivity index (χ4v) is 5.79. The molecule has 0 spiro atoms. The summed E-state index contributed by atoms with van der Waals surface area (Å²) in [4.78, 5) is 16.5. The molecule has 0 aromatic carbocycles. The zero-order chi connectivity index (χ0) is 18.9. The van der Waals surface area contributed by atoms with E-state index in [9.17, 15) is 13.2 Å². The Bertz CT molecular complexity index is 764. The summed E-state index contributed by atoms with van der Waals surface area (Å²) in [6, 6.07) is -0.0515. The van der Waals surface area contributed by atoms with Gasteiger partial charge in [-0.3, -0.25) is 9.48 Å². The van der Waals surface area contributed by atoms with Crippen LogP contribution >= 0.6 is 0 Å². The van der Waals surface area contributed by atoms with Crippen LogP contribution in [0.25, 0.3) is 0 Å². The Morgan fingerprint density at radius 1 is 1.19 bits per heavy atom. The average Bonchev–Trinajstić information content (AvgIpc) is 3.11. The Balaban J connectivity index is 1.69. The second-order valence-corrected chi connectivity index (χ2v) is 9.72. The maximum absolute atomic E-state index is 12.2. The van der Waals surface area contributed by atoms with Crippen LogP contribution in [0.3, 0.4) is 0 Å². The molecule has 2 aliphatic rings. The van der Waals surface area contributed by atoms with Crippen molar-refractivity contribution in [3.05, 3.63) is 11.4 Å². The summed E-state index contributed by atoms with van der Waals surface area (Å²) in [5.74, 6) is 0.699. The number of anilines is 1. The van der Waals surface area contributed by atoms with Gasteiger partial charge in [-0.25, -0.2) is 8.42 Å². The van der Waals surface area contributed by atoms with E-state index in [0.717, 1.165) is 56.1 Å². The molecule has 0 aliphatic carbocycles. The zero-order valence-electron chi connectivity index (χ0n) is 16.1. The number of piperazine rings is 1. The fourth-order valence-electron chi connectivity index (χ4n) is 4.10. The lowest BCUT2D eigenvalue weighted by Crippen LogP contribution is -2.49. The van der Waals surface area contributed by atoms with Crippen molar-refractivity contribution in [2.45, 2.75) is 52.5 Å². The number of aromatic nitrogens is 2. The van der Waals surface area contributed by atoms with Gasteiger partial charge in [0.05, 0.1) is 34.6 Å². The molecule has 2 saturated heterocycles. The van der Waals surface area contributed by atoms with Gasteiger partial charge in [0, 0.05) is 32.6 Å². The molecule has 3 rings (SSSR count). The third-order valence-electron chi connectivity index (χ3n) is 5.53. The second kappa shape index (κ2) is 7.58. The molecule has 1 unspecified atom stereocenters. The predicted molar refractivity (Wildman–Crippen MR) is 102 cm³/mol. The minimum Gasteiger partial charge on any atom is -0.365 e. The normalized spacial score (nSPS) is 22.8. The number of aryl methyl sites for hydroxylation is 1. The summed E-state index contributed by atoms with van der Waals surface area (Å²) in [5, 5.41) is 4.66. The number of amides is 1. The van der Waals surface area contributed by atoms with E-state index in [2.05, 4.69) is 16.9 Å². The van der Waals surface area contributed by atoms with Crippen molar-refractivity contribution < 1.29 is 13.2 Å². The first kappa shape index (κ1) is 19.2. The molecule has 1 amide bonds. The number of rotatable bonds is 5. The van der Waals surface area contributed by atoms with E-state index in [1.807, 2.05) is 23.4 Å². The minimum absolute atomic E-state index is 0.0515. The predicted octanol–water partition coefficient (Wildman–Crippen LogP) is 1.70. The zero-order valence-corrected chi connectivity index (χ0v) is 16.9. The quantitative estimate of drug-likeness (QED) is 0.775. The smallest absolute Gasteiger partial charge is 0.222 e. The van der Waals surface area contributed by atoms with Gasteiger partial charge in [0.25, 0.3) is 0 Å². The van der Waals surface area contributed by atoms with Crippen molar-refractivity contribution >= 4 is 21.4 Å². The van der Waals surface area contributed by atoms with E-state index in [-0.39, 0.29) is 23.5 Å². The monoisotopic (exact) mass is 382 g/mol. The lowest BCUT2D eigenvalue weighted by Gasteiger charge is -2.36. The van der Waals surface area contributed by atoms with Crippen LogP contribution in [-0.2, 0) is 14.6 Å². The number of carbonyl (C=O) groups is 1. The van der Waals surface area contributed by atoms with Gasteiger partial charge in [-0.05, 0) is 26.7 Å². The molecule has 3 heterocycles. The van der Waals surface area contributed by atoms with Crippen molar-refractivity contribution in [1.82, 2.24) is 14.7 Å². The lowest BCUT2D eigenvalue weighted by molar-refractivity contribution is -0.131. The van der Waals surface area contributed by atoms with E-state index in [0.29, 0.717) is 12.8 Å². The highest BCUT2D eigenvalue weighted by atomic mass is 32.2. The van der Waals surface area contributed by atoms with E-state index >= 15 is 0 Å². The highest BCUT2D eigenvalue weighted by molar-refractivity contribution is 7.91. The summed E-state index contributed by atoms with van der Waals surface area (Å²) < 4.78 is 25.5. The van der Waals surface area contributed by atoms with Crippen LogP contribution in [0.15, 0.2) is 0 Å². The van der Waals surface area contributed by atoms with Crippen LogP contribution in [0.2, 0.25) is 0 Å². The summed E-state index contributed by atoms with van der Waals surface area (Å²) in [6.07, 6.45) is 3.28. The van der Waals surface area contributed by atoms with Gasteiger partial charge >= 0.3 is 0 Å². The molecule has 0 bridgehead atoms. The van der Waals surface area contributed by atoms with Crippen molar-refractivity contribution in [2.75, 3.05) is 42.6 Å². The van der Waals surface area contributed by atoms with Crippen LogP contribution in [0.5, 0.6) is 0 Å². The molecule has 0 radical (unpaired) electrons. The van der Waals surface area contributed by atoms with Crippen LogP contribution in [0, 0.1) is 13.8 Å². The Hall–Kier alpha value is -1.57. The average molecular weight is 383 g/mol. The van der Waals surface area contributed by atoms with Crippen LogP contribution in [0.4, 0.5) is 5.69 Å². The van der Waals surface area contributed by atoms with Gasteiger partial charge in [0.15, 0.2) is 9.84 Å². The van der Waals surface area contributed by atoms with Gasteiger partial charge in [-0.15, -0.1) is 0 Å². The number of hydrogen-bond acceptors (Lipinski definition) is 5. The first-order valence-electron chi connectivity index (χ1n) is 9.61. The Kier molecular flexibility index (Phi) is 5.60. The highest BCUT2D eigenvalue weighted by Gasteiger charge is 2.33. The molecular weight excluding hydrogens is 352 g/mol. The van der Waals surface area contributed by atoms with E-state index < -0.39 is 9.84 Å². The molecule has 2 aliphatic heterocycles. The number of unbranched alkanes of at least 4 members (excludes halogenated alkanes) is 1. The molecule has 0 saturated carbocycles. The third-order valence-corrected chi connectivity index (χ3v) is 7.28. The first-order valence-corrected chi connectivity index (χ1v) is 11.4. The maximum atomic E-state index is 12.2. The number of sulfone groups is 1. The van der Waals surface area contributed by atoms with Crippen LogP contribution in [-0.4, -0.2) is 66.7 Å². The molecule has 2 fully saturated rings. The standard InChI is InChI=1S/C18H30N4O3S/c1-4-5-6-17(23)20-8-10-21(11-9-20)18-14(2)19-22(15(18)3)16-7-12-26(24,25)13-16/h16H,4-13H2,1-3H3. The second-order valence-electron chi connectivity index (χ2n) is 7.49. The molecule has 1 atom stereocenters. The fraction of sp³-hybridized carbons (Fsp3) is 0.778. The largest absolute Gasteiger partial charge is 0.365 e. The van der Waals surface area contributed by atoms with E-state index in [1.165, 1.54) is 0 Å². The van der Waals surface area contributed by atoms with Crippen LogP contribution in [0.1, 0.15) is 50.0 Å². The van der Waals surface area contributed by atoms with Crippen LogP contribution < -0.4 is 4.90 Å². The summed E-state index contributed by atoms with van der Waals surface area (Å²) in [5.41, 5.74) is 3.09. The molecule has 26 heavy (non-hydrogen) atoms. The van der Waals surface area contributed by atoms with Crippen molar-refractivity contribution in [3.63, 3.8) is 0 Å². The van der Waals surface area contributed by atoms with Crippen molar-refractivity contribution in [3.8, 4) is 0 Å². The number of hydrogen-bond donors (Lipinski definition) is 0. The maximum Gasteiger partial charge on any atom is 0.222 e. The molecular formula is C18H30N4O3S. The first-order chi connectivity index (χ1) is 12.3. The molecule has 146 valence electrons. The van der Waals surface area contributed by atoms with Gasteiger partial charge in [0.1, 0.15) is 0 Å². The molecule has 8 heteroatoms. The molecule has 0 N–H and O–H groups in total. The summed E-state index contributed by atoms with van der Waals surface area (Å²) in [7, 11) is -2.93. The topological polar surface area (TPSA) is 75.5 Å². The SMILES string of the molecule is CCCCC(=O)N1CCN(c2c(C)nn(C3CCS(=O)(=O)C3)c2C)CC1. The molecule has 7 nitrogen and oxygen atoms in total.